The van der Waals surface area contributed by atoms with Gasteiger partial charge in [-0.15, -0.1) is 0 Å². The van der Waals surface area contributed by atoms with Gasteiger partial charge in [-0.25, -0.2) is 9.37 Å². The molecule has 1 aliphatic rings. The van der Waals surface area contributed by atoms with E-state index in [1.54, 1.807) is 41.3 Å². The Morgan fingerprint density at radius 2 is 1.63 bits per heavy atom. The molecule has 0 spiro atoms. The standard InChI is InChI=1S/C27H22F4N4O2S/c28-21-9-2-4-11-23(21)35-25(37)20-8-1-3-10-22(20)32-26(35)38-17-24(36)34-14-12-33(13-15-34)19-7-5-6-18(16-19)27(29,30)31/h1-11,16H,12-15,17H2. The SMILES string of the molecule is O=C(CSc1nc2ccccc2c(=O)n1-c1ccccc1F)N1CCN(c2cccc(C(F)(F)F)c2)CC1. The summed E-state index contributed by atoms with van der Waals surface area (Å²) in [5.41, 5.74) is -0.218. The average Bonchev–Trinajstić information content (AvgIpc) is 2.92. The molecule has 1 amide bonds. The predicted molar refractivity (Wildman–Crippen MR) is 138 cm³/mol. The number of carbonyl (C=O) groups is 1. The number of anilines is 1. The number of hydrogen-bond donors (Lipinski definition) is 0. The number of alkyl halides is 3. The van der Waals surface area contributed by atoms with Crippen molar-refractivity contribution >= 4 is 34.3 Å². The highest BCUT2D eigenvalue weighted by Crippen LogP contribution is 2.32. The van der Waals surface area contributed by atoms with E-state index < -0.39 is 23.1 Å². The van der Waals surface area contributed by atoms with Crippen LogP contribution in [0.25, 0.3) is 16.6 Å². The Hall–Kier alpha value is -3.86. The van der Waals surface area contributed by atoms with Crippen molar-refractivity contribution in [3.63, 3.8) is 0 Å². The highest BCUT2D eigenvalue weighted by molar-refractivity contribution is 7.99. The first-order chi connectivity index (χ1) is 18.2. The summed E-state index contributed by atoms with van der Waals surface area (Å²) < 4.78 is 55.1. The van der Waals surface area contributed by atoms with Crippen LogP contribution in [-0.2, 0) is 11.0 Å². The van der Waals surface area contributed by atoms with Crippen LogP contribution in [-0.4, -0.2) is 52.3 Å². The van der Waals surface area contributed by atoms with Crippen molar-refractivity contribution in [2.75, 3.05) is 36.8 Å². The lowest BCUT2D eigenvalue weighted by molar-refractivity contribution is -0.137. The molecule has 4 aromatic rings. The van der Waals surface area contributed by atoms with Crippen LogP contribution in [0.4, 0.5) is 23.2 Å². The molecule has 0 unspecified atom stereocenters. The number of amides is 1. The maximum Gasteiger partial charge on any atom is 0.416 e. The number of nitrogens with zero attached hydrogens (tertiary/aromatic N) is 4. The van der Waals surface area contributed by atoms with E-state index in [0.717, 1.165) is 23.9 Å². The van der Waals surface area contributed by atoms with Crippen LogP contribution < -0.4 is 10.5 Å². The van der Waals surface area contributed by atoms with Gasteiger partial charge in [0, 0.05) is 31.9 Å². The van der Waals surface area contributed by atoms with Gasteiger partial charge in [0.2, 0.25) is 5.91 Å². The highest BCUT2D eigenvalue weighted by Gasteiger charge is 2.31. The van der Waals surface area contributed by atoms with Crippen molar-refractivity contribution in [2.45, 2.75) is 11.3 Å². The first kappa shape index (κ1) is 25.8. The van der Waals surface area contributed by atoms with Crippen molar-refractivity contribution in [2.24, 2.45) is 0 Å². The minimum Gasteiger partial charge on any atom is -0.368 e. The van der Waals surface area contributed by atoms with Crippen molar-refractivity contribution in [1.29, 1.82) is 0 Å². The van der Waals surface area contributed by atoms with Crippen molar-refractivity contribution in [1.82, 2.24) is 14.5 Å². The molecule has 6 nitrogen and oxygen atoms in total. The molecule has 3 aromatic carbocycles. The molecule has 1 aliphatic heterocycles. The Bertz CT molecular complexity index is 1550. The zero-order valence-corrected chi connectivity index (χ0v) is 20.8. The zero-order chi connectivity index (χ0) is 26.9. The van der Waals surface area contributed by atoms with Gasteiger partial charge in [0.25, 0.3) is 5.56 Å². The maximum atomic E-state index is 14.7. The summed E-state index contributed by atoms with van der Waals surface area (Å²) >= 11 is 1.04. The second-order valence-electron chi connectivity index (χ2n) is 8.71. The number of hydrogen-bond acceptors (Lipinski definition) is 5. The van der Waals surface area contributed by atoms with Crippen molar-refractivity contribution in [3.05, 3.63) is 94.5 Å². The van der Waals surface area contributed by atoms with Crippen LogP contribution in [0.2, 0.25) is 0 Å². The van der Waals surface area contributed by atoms with Gasteiger partial charge >= 0.3 is 6.18 Å². The van der Waals surface area contributed by atoms with Crippen LogP contribution in [0, 0.1) is 5.82 Å². The van der Waals surface area contributed by atoms with Gasteiger partial charge < -0.3 is 9.80 Å². The first-order valence-electron chi connectivity index (χ1n) is 11.8. The first-order valence-corrected chi connectivity index (χ1v) is 12.8. The molecule has 0 aliphatic carbocycles. The summed E-state index contributed by atoms with van der Waals surface area (Å²) in [5, 5.41) is 0.520. The largest absolute Gasteiger partial charge is 0.416 e. The summed E-state index contributed by atoms with van der Waals surface area (Å²) in [5.74, 6) is -0.838. The lowest BCUT2D eigenvalue weighted by atomic mass is 10.1. The van der Waals surface area contributed by atoms with Gasteiger partial charge in [0.1, 0.15) is 5.82 Å². The van der Waals surface area contributed by atoms with Gasteiger partial charge in [0.05, 0.1) is 27.9 Å². The number of piperazine rings is 1. The Morgan fingerprint density at radius 1 is 0.921 bits per heavy atom. The summed E-state index contributed by atoms with van der Waals surface area (Å²) in [6.45, 7) is 1.43. The fourth-order valence-corrected chi connectivity index (χ4v) is 5.27. The van der Waals surface area contributed by atoms with Gasteiger partial charge in [-0.1, -0.05) is 42.1 Å². The molecule has 11 heteroatoms. The fourth-order valence-electron chi connectivity index (χ4n) is 4.37. The molecule has 0 N–H and O–H groups in total. The van der Waals surface area contributed by atoms with E-state index in [0.29, 0.717) is 42.8 Å². The maximum absolute atomic E-state index is 14.7. The second-order valence-corrected chi connectivity index (χ2v) is 9.65. The summed E-state index contributed by atoms with van der Waals surface area (Å²) in [6, 6.07) is 17.7. The zero-order valence-electron chi connectivity index (χ0n) is 20.0. The number of carbonyl (C=O) groups excluding carboxylic acids is 1. The molecule has 5 rings (SSSR count). The number of rotatable bonds is 5. The summed E-state index contributed by atoms with van der Waals surface area (Å²) in [6.07, 6.45) is -4.43. The van der Waals surface area contributed by atoms with E-state index >= 15 is 0 Å². The van der Waals surface area contributed by atoms with Crippen molar-refractivity contribution < 1.29 is 22.4 Å². The third-order valence-corrected chi connectivity index (χ3v) is 7.26. The third kappa shape index (κ3) is 5.24. The van der Waals surface area contributed by atoms with Crippen LogP contribution in [0.1, 0.15) is 5.56 Å². The average molecular weight is 543 g/mol. The number of benzene rings is 3. The number of thioether (sulfide) groups is 1. The molecule has 2 heterocycles. The number of para-hydroxylation sites is 2. The van der Waals surface area contributed by atoms with E-state index in [9.17, 15) is 27.2 Å². The second kappa shape index (κ2) is 10.5. The molecule has 1 saturated heterocycles. The molecule has 0 radical (unpaired) electrons. The Morgan fingerprint density at radius 3 is 2.37 bits per heavy atom. The van der Waals surface area contributed by atoms with E-state index in [4.69, 9.17) is 0 Å². The molecule has 0 bridgehead atoms. The minimum atomic E-state index is -4.43. The van der Waals surface area contributed by atoms with Crippen molar-refractivity contribution in [3.8, 4) is 5.69 Å². The van der Waals surface area contributed by atoms with Crippen LogP contribution in [0.5, 0.6) is 0 Å². The van der Waals surface area contributed by atoms with Gasteiger partial charge in [0.15, 0.2) is 5.16 Å². The lowest BCUT2D eigenvalue weighted by Crippen LogP contribution is -2.49. The molecular formula is C27H22F4N4O2S. The summed E-state index contributed by atoms with van der Waals surface area (Å²) in [7, 11) is 0. The van der Waals surface area contributed by atoms with E-state index in [2.05, 4.69) is 4.98 Å². The lowest BCUT2D eigenvalue weighted by Gasteiger charge is -2.36. The minimum absolute atomic E-state index is 0.0389. The number of aromatic nitrogens is 2. The van der Waals surface area contributed by atoms with Gasteiger partial charge in [-0.05, 0) is 42.5 Å². The van der Waals surface area contributed by atoms with Crippen LogP contribution in [0.15, 0.2) is 82.7 Å². The predicted octanol–water partition coefficient (Wildman–Crippen LogP) is 4.98. The summed E-state index contributed by atoms with van der Waals surface area (Å²) in [4.78, 5) is 34.3. The van der Waals surface area contributed by atoms with Crippen LogP contribution in [0.3, 0.4) is 0 Å². The molecule has 0 atom stereocenters. The number of halogens is 4. The molecule has 1 aromatic heterocycles. The normalized spacial score (nSPS) is 14.2. The molecule has 38 heavy (non-hydrogen) atoms. The Labute approximate surface area is 219 Å². The Kier molecular flexibility index (Phi) is 7.11. The van der Waals surface area contributed by atoms with E-state index in [-0.39, 0.29) is 22.5 Å². The number of fused-ring (bicyclic) bond motifs is 1. The topological polar surface area (TPSA) is 58.4 Å². The third-order valence-electron chi connectivity index (χ3n) is 6.33. The van der Waals surface area contributed by atoms with Gasteiger partial charge in [-0.3, -0.25) is 14.2 Å². The molecule has 1 fully saturated rings. The fraction of sp³-hybridized carbons (Fsp3) is 0.222. The molecular weight excluding hydrogens is 520 g/mol. The smallest absolute Gasteiger partial charge is 0.368 e. The van der Waals surface area contributed by atoms with E-state index in [1.807, 2.05) is 4.90 Å². The highest BCUT2D eigenvalue weighted by atomic mass is 32.2. The molecule has 0 saturated carbocycles. The van der Waals surface area contributed by atoms with Crippen LogP contribution >= 0.6 is 11.8 Å². The quantitative estimate of drug-likeness (QED) is 0.202. The van der Waals surface area contributed by atoms with Gasteiger partial charge in [-0.2, -0.15) is 13.2 Å². The molecule has 196 valence electrons. The van der Waals surface area contributed by atoms with E-state index in [1.165, 1.54) is 28.8 Å². The monoisotopic (exact) mass is 542 g/mol. The Balaban J connectivity index is 1.31.